The smallest absolute Gasteiger partial charge is 0.342 e. The highest BCUT2D eigenvalue weighted by Gasteiger charge is 2.21. The number of hydrogen-bond acceptors (Lipinski definition) is 5. The van der Waals surface area contributed by atoms with E-state index in [0.717, 1.165) is 17.8 Å². The first-order valence-corrected chi connectivity index (χ1v) is 6.08. The van der Waals surface area contributed by atoms with Gasteiger partial charge in [0.15, 0.2) is 0 Å². The Kier molecular flexibility index (Phi) is 4.04. The van der Waals surface area contributed by atoms with Gasteiger partial charge < -0.3 is 9.84 Å². The van der Waals surface area contributed by atoms with Crippen molar-refractivity contribution in [2.45, 2.75) is 6.92 Å². The molecule has 1 aromatic heterocycles. The molecule has 1 aromatic carbocycles. The van der Waals surface area contributed by atoms with Gasteiger partial charge in [-0.05, 0) is 30.7 Å². The molecule has 7 nitrogen and oxygen atoms in total. The van der Waals surface area contributed by atoms with Crippen molar-refractivity contribution in [3.8, 4) is 11.6 Å². The third-order valence-corrected chi connectivity index (χ3v) is 3.06. The maximum atomic E-state index is 11.0. The van der Waals surface area contributed by atoms with Crippen LogP contribution in [0.15, 0.2) is 30.5 Å². The summed E-state index contributed by atoms with van der Waals surface area (Å²) < 4.78 is 5.38. The molecule has 0 amide bonds. The number of carboxylic acids is 1. The molecule has 0 aliphatic carbocycles. The van der Waals surface area contributed by atoms with Crippen LogP contribution in [0.25, 0.3) is 0 Å². The van der Waals surface area contributed by atoms with Gasteiger partial charge in [0.1, 0.15) is 17.5 Å². The fraction of sp³-hybridized carbons (Fsp3) is 0.0769. The van der Waals surface area contributed by atoms with Crippen LogP contribution in [0.3, 0.4) is 0 Å². The van der Waals surface area contributed by atoms with Crippen LogP contribution in [0.4, 0.5) is 5.69 Å². The highest BCUT2D eigenvalue weighted by atomic mass is 35.5. The van der Waals surface area contributed by atoms with E-state index < -0.39 is 22.1 Å². The molecule has 0 unspecified atom stereocenters. The van der Waals surface area contributed by atoms with Crippen LogP contribution in [0.2, 0.25) is 5.02 Å². The van der Waals surface area contributed by atoms with Crippen molar-refractivity contribution in [3.05, 3.63) is 56.7 Å². The van der Waals surface area contributed by atoms with Crippen LogP contribution in [0, 0.1) is 17.0 Å². The summed E-state index contributed by atoms with van der Waals surface area (Å²) in [5, 5.41) is 20.3. The van der Waals surface area contributed by atoms with E-state index in [9.17, 15) is 14.9 Å². The molecule has 0 bridgehead atoms. The van der Waals surface area contributed by atoms with E-state index in [1.165, 1.54) is 0 Å². The SMILES string of the molecule is Cc1cc(Oc2cc(C(=O)O)c([N+](=O)[O-])cn2)ccc1Cl. The molecular weight excluding hydrogens is 300 g/mol. The molecule has 2 rings (SSSR count). The minimum Gasteiger partial charge on any atom is -0.477 e. The quantitative estimate of drug-likeness (QED) is 0.685. The number of benzene rings is 1. The molecule has 0 radical (unpaired) electrons. The molecule has 0 aliphatic heterocycles. The van der Waals surface area contributed by atoms with E-state index in [-0.39, 0.29) is 5.88 Å². The van der Waals surface area contributed by atoms with Crippen LogP contribution in [-0.4, -0.2) is 21.0 Å². The predicted molar refractivity (Wildman–Crippen MR) is 74.1 cm³/mol. The van der Waals surface area contributed by atoms with Crippen molar-refractivity contribution in [1.29, 1.82) is 0 Å². The normalized spacial score (nSPS) is 10.2. The number of aromatic carboxylic acids is 1. The Hall–Kier alpha value is -2.67. The lowest BCUT2D eigenvalue weighted by molar-refractivity contribution is -0.385. The first-order chi connectivity index (χ1) is 9.88. The highest BCUT2D eigenvalue weighted by Crippen LogP contribution is 2.27. The molecule has 21 heavy (non-hydrogen) atoms. The fourth-order valence-electron chi connectivity index (χ4n) is 1.60. The van der Waals surface area contributed by atoms with Gasteiger partial charge in [-0.3, -0.25) is 10.1 Å². The topological polar surface area (TPSA) is 103 Å². The Morgan fingerprint density at radius 1 is 1.43 bits per heavy atom. The zero-order valence-electron chi connectivity index (χ0n) is 10.7. The van der Waals surface area contributed by atoms with Gasteiger partial charge in [0.2, 0.25) is 5.88 Å². The standard InChI is InChI=1S/C13H9ClN2O5/c1-7-4-8(2-3-10(7)14)21-12-5-9(13(17)18)11(6-15-12)16(19)20/h2-6H,1H3,(H,17,18). The lowest BCUT2D eigenvalue weighted by atomic mass is 10.2. The van der Waals surface area contributed by atoms with Crippen molar-refractivity contribution in [2.75, 3.05) is 0 Å². The van der Waals surface area contributed by atoms with E-state index in [2.05, 4.69) is 4.98 Å². The predicted octanol–water partition coefficient (Wildman–Crippen LogP) is 3.44. The van der Waals surface area contributed by atoms with E-state index in [1.807, 2.05) is 0 Å². The summed E-state index contributed by atoms with van der Waals surface area (Å²) in [7, 11) is 0. The van der Waals surface area contributed by atoms with Crippen molar-refractivity contribution in [2.24, 2.45) is 0 Å². The number of carboxylic acid groups (broad SMARTS) is 1. The van der Waals surface area contributed by atoms with Gasteiger partial charge in [0.25, 0.3) is 0 Å². The maximum absolute atomic E-state index is 11.0. The van der Waals surface area contributed by atoms with Crippen molar-refractivity contribution in [3.63, 3.8) is 0 Å². The fourth-order valence-corrected chi connectivity index (χ4v) is 1.72. The van der Waals surface area contributed by atoms with Crippen molar-refractivity contribution < 1.29 is 19.6 Å². The summed E-state index contributed by atoms with van der Waals surface area (Å²) in [4.78, 5) is 24.7. The molecule has 1 heterocycles. The maximum Gasteiger partial charge on any atom is 0.342 e. The van der Waals surface area contributed by atoms with E-state index in [1.54, 1.807) is 25.1 Å². The van der Waals surface area contributed by atoms with Gasteiger partial charge in [0, 0.05) is 11.1 Å². The molecule has 8 heteroatoms. The Morgan fingerprint density at radius 2 is 2.14 bits per heavy atom. The first-order valence-electron chi connectivity index (χ1n) is 5.70. The molecule has 108 valence electrons. The van der Waals surface area contributed by atoms with Gasteiger partial charge in [-0.25, -0.2) is 9.78 Å². The molecule has 0 saturated heterocycles. The molecule has 2 aromatic rings. The van der Waals surface area contributed by atoms with E-state index in [4.69, 9.17) is 21.4 Å². The Labute approximate surface area is 123 Å². The number of ether oxygens (including phenoxy) is 1. The summed E-state index contributed by atoms with van der Waals surface area (Å²) in [6.45, 7) is 1.78. The average molecular weight is 309 g/mol. The Morgan fingerprint density at radius 3 is 2.71 bits per heavy atom. The lowest BCUT2D eigenvalue weighted by Crippen LogP contribution is -2.04. The average Bonchev–Trinajstić information content (AvgIpc) is 2.42. The number of carbonyl (C=O) groups is 1. The van der Waals surface area contributed by atoms with Crippen LogP contribution >= 0.6 is 11.6 Å². The van der Waals surface area contributed by atoms with Crippen LogP contribution < -0.4 is 4.74 Å². The van der Waals surface area contributed by atoms with Crippen molar-refractivity contribution >= 4 is 23.3 Å². The summed E-state index contributed by atoms with van der Waals surface area (Å²) in [5.74, 6) is -1.09. The van der Waals surface area contributed by atoms with Crippen LogP contribution in [-0.2, 0) is 0 Å². The molecular formula is C13H9ClN2O5. The third-order valence-electron chi connectivity index (χ3n) is 2.64. The summed E-state index contributed by atoms with van der Waals surface area (Å²) in [5.41, 5.74) is -0.313. The summed E-state index contributed by atoms with van der Waals surface area (Å²) in [6, 6.07) is 5.85. The second-order valence-electron chi connectivity index (χ2n) is 4.12. The number of aromatic nitrogens is 1. The first kappa shape index (κ1) is 14.7. The van der Waals surface area contributed by atoms with Crippen LogP contribution in [0.1, 0.15) is 15.9 Å². The number of aryl methyl sites for hydroxylation is 1. The lowest BCUT2D eigenvalue weighted by Gasteiger charge is -2.07. The molecule has 0 aliphatic rings. The monoisotopic (exact) mass is 308 g/mol. The minimum absolute atomic E-state index is 0.0558. The molecule has 0 atom stereocenters. The number of nitro groups is 1. The highest BCUT2D eigenvalue weighted by molar-refractivity contribution is 6.31. The second kappa shape index (κ2) is 5.76. The number of halogens is 1. The third kappa shape index (κ3) is 3.26. The van der Waals surface area contributed by atoms with Crippen LogP contribution in [0.5, 0.6) is 11.6 Å². The number of pyridine rings is 1. The van der Waals surface area contributed by atoms with E-state index >= 15 is 0 Å². The van der Waals surface area contributed by atoms with E-state index in [0.29, 0.717) is 10.8 Å². The molecule has 1 N–H and O–H groups in total. The largest absolute Gasteiger partial charge is 0.477 e. The zero-order chi connectivity index (χ0) is 15.6. The van der Waals surface area contributed by atoms with Gasteiger partial charge in [-0.15, -0.1) is 0 Å². The Balaban J connectivity index is 2.36. The Bertz CT molecular complexity index is 732. The van der Waals surface area contributed by atoms with Gasteiger partial charge >= 0.3 is 11.7 Å². The zero-order valence-corrected chi connectivity index (χ0v) is 11.5. The number of hydrogen-bond donors (Lipinski definition) is 1. The summed E-state index contributed by atoms with van der Waals surface area (Å²) >= 11 is 5.88. The number of nitrogens with zero attached hydrogens (tertiary/aromatic N) is 2. The molecule has 0 spiro atoms. The molecule has 0 fully saturated rings. The van der Waals surface area contributed by atoms with Gasteiger partial charge in [0.05, 0.1) is 4.92 Å². The second-order valence-corrected chi connectivity index (χ2v) is 4.52. The number of rotatable bonds is 4. The minimum atomic E-state index is -1.43. The summed E-state index contributed by atoms with van der Waals surface area (Å²) in [6.07, 6.45) is 0.849. The van der Waals surface area contributed by atoms with Gasteiger partial charge in [-0.1, -0.05) is 11.6 Å². The molecule has 0 saturated carbocycles. The van der Waals surface area contributed by atoms with Crippen molar-refractivity contribution in [1.82, 2.24) is 4.98 Å². The van der Waals surface area contributed by atoms with Gasteiger partial charge in [-0.2, -0.15) is 0 Å².